The van der Waals surface area contributed by atoms with Crippen LogP contribution >= 0.6 is 15.9 Å². The first-order chi connectivity index (χ1) is 9.15. The Morgan fingerprint density at radius 2 is 2.21 bits per heavy atom. The van der Waals surface area contributed by atoms with Crippen LogP contribution in [0.3, 0.4) is 0 Å². The van der Waals surface area contributed by atoms with Gasteiger partial charge in [-0.1, -0.05) is 0 Å². The van der Waals surface area contributed by atoms with Crippen molar-refractivity contribution < 1.29 is 4.79 Å². The lowest BCUT2D eigenvalue weighted by Crippen LogP contribution is -2.42. The molecule has 2 unspecified atom stereocenters. The predicted molar refractivity (Wildman–Crippen MR) is 79.0 cm³/mol. The molecule has 2 fully saturated rings. The molecule has 3 rings (SSSR count). The number of hydrogen-bond acceptors (Lipinski definition) is 3. The van der Waals surface area contributed by atoms with E-state index in [1.165, 1.54) is 19.4 Å². The van der Waals surface area contributed by atoms with Crippen LogP contribution in [0.1, 0.15) is 29.6 Å². The monoisotopic (exact) mass is 323 g/mol. The van der Waals surface area contributed by atoms with E-state index in [0.717, 1.165) is 17.4 Å². The Morgan fingerprint density at radius 3 is 3.00 bits per heavy atom. The molecule has 4 nitrogen and oxygen atoms in total. The highest BCUT2D eigenvalue weighted by Gasteiger charge is 2.37. The van der Waals surface area contributed by atoms with Crippen LogP contribution in [0.25, 0.3) is 0 Å². The van der Waals surface area contributed by atoms with E-state index in [0.29, 0.717) is 23.3 Å². The van der Waals surface area contributed by atoms with Crippen LogP contribution in [0, 0.1) is 0 Å². The molecule has 5 heteroatoms. The number of carbonyl (C=O) groups excluding carboxylic acids is 1. The first-order valence-corrected chi connectivity index (χ1v) is 7.54. The van der Waals surface area contributed by atoms with Crippen molar-refractivity contribution >= 4 is 27.5 Å². The molecule has 19 heavy (non-hydrogen) atoms. The Morgan fingerprint density at radius 1 is 1.37 bits per heavy atom. The van der Waals surface area contributed by atoms with Gasteiger partial charge in [-0.15, -0.1) is 0 Å². The Hall–Kier alpha value is -1.07. The molecule has 0 spiro atoms. The van der Waals surface area contributed by atoms with Gasteiger partial charge in [0.25, 0.3) is 5.91 Å². The summed E-state index contributed by atoms with van der Waals surface area (Å²) in [6.07, 6.45) is 3.51. The van der Waals surface area contributed by atoms with Crippen molar-refractivity contribution in [2.75, 3.05) is 18.8 Å². The van der Waals surface area contributed by atoms with Crippen LogP contribution in [0.2, 0.25) is 0 Å². The lowest BCUT2D eigenvalue weighted by Gasteiger charge is -2.21. The minimum atomic E-state index is -0.0158. The Balaban J connectivity index is 1.69. The van der Waals surface area contributed by atoms with Gasteiger partial charge in [-0.3, -0.25) is 9.69 Å². The molecule has 102 valence electrons. The van der Waals surface area contributed by atoms with E-state index < -0.39 is 0 Å². The number of anilines is 1. The van der Waals surface area contributed by atoms with Gasteiger partial charge in [-0.25, -0.2) is 0 Å². The second-order valence-corrected chi connectivity index (χ2v) is 6.20. The summed E-state index contributed by atoms with van der Waals surface area (Å²) in [5.74, 6) is -0.0158. The molecule has 2 heterocycles. The van der Waals surface area contributed by atoms with Crippen LogP contribution < -0.4 is 11.1 Å². The topological polar surface area (TPSA) is 58.4 Å². The van der Waals surface area contributed by atoms with Crippen molar-refractivity contribution in [2.45, 2.75) is 31.3 Å². The quantitative estimate of drug-likeness (QED) is 0.818. The average molecular weight is 324 g/mol. The molecule has 3 N–H and O–H groups in total. The van der Waals surface area contributed by atoms with Crippen LogP contribution in [-0.4, -0.2) is 36.0 Å². The maximum atomic E-state index is 12.3. The van der Waals surface area contributed by atoms with Gasteiger partial charge < -0.3 is 11.1 Å². The van der Waals surface area contributed by atoms with Crippen LogP contribution in [0.4, 0.5) is 5.69 Å². The van der Waals surface area contributed by atoms with Crippen molar-refractivity contribution in [3.8, 4) is 0 Å². The fourth-order valence-corrected chi connectivity index (χ4v) is 3.43. The molecule has 1 aromatic carbocycles. The number of carbonyl (C=O) groups is 1. The second-order valence-electron chi connectivity index (χ2n) is 5.35. The van der Waals surface area contributed by atoms with Gasteiger partial charge in [-0.05, 0) is 59.9 Å². The summed E-state index contributed by atoms with van der Waals surface area (Å²) in [4.78, 5) is 14.7. The summed E-state index contributed by atoms with van der Waals surface area (Å²) < 4.78 is 0.826. The number of halogens is 1. The number of rotatable bonds is 2. The lowest BCUT2D eigenvalue weighted by atomic mass is 10.1. The van der Waals surface area contributed by atoms with Gasteiger partial charge in [-0.2, -0.15) is 0 Å². The van der Waals surface area contributed by atoms with Crippen molar-refractivity contribution in [1.82, 2.24) is 10.2 Å². The predicted octanol–water partition coefficient (Wildman–Crippen LogP) is 2.00. The first-order valence-electron chi connectivity index (χ1n) is 6.75. The van der Waals surface area contributed by atoms with E-state index in [1.807, 2.05) is 6.07 Å². The number of nitrogens with one attached hydrogen (secondary N) is 1. The van der Waals surface area contributed by atoms with Gasteiger partial charge in [0.15, 0.2) is 0 Å². The van der Waals surface area contributed by atoms with E-state index in [1.54, 1.807) is 12.1 Å². The first kappa shape index (κ1) is 12.9. The van der Waals surface area contributed by atoms with Crippen LogP contribution in [0.15, 0.2) is 22.7 Å². The Labute approximate surface area is 121 Å². The van der Waals surface area contributed by atoms with Crippen molar-refractivity contribution in [2.24, 2.45) is 0 Å². The molecular formula is C14H18BrN3O. The summed E-state index contributed by atoms with van der Waals surface area (Å²) in [6, 6.07) is 6.18. The molecule has 0 radical (unpaired) electrons. The fraction of sp³-hybridized carbons (Fsp3) is 0.500. The number of fused-ring (bicyclic) bond motifs is 1. The SMILES string of the molecule is Nc1cc(C(=O)NC2CCN3CCCC23)ccc1Br. The van der Waals surface area contributed by atoms with E-state index in [2.05, 4.69) is 26.1 Å². The zero-order chi connectivity index (χ0) is 13.4. The van der Waals surface area contributed by atoms with Gasteiger partial charge >= 0.3 is 0 Å². The maximum Gasteiger partial charge on any atom is 0.251 e. The van der Waals surface area contributed by atoms with Gasteiger partial charge in [0.2, 0.25) is 0 Å². The molecule has 0 aliphatic carbocycles. The maximum absolute atomic E-state index is 12.3. The molecule has 2 aliphatic rings. The van der Waals surface area contributed by atoms with E-state index in [-0.39, 0.29) is 5.91 Å². The van der Waals surface area contributed by atoms with Gasteiger partial charge in [0, 0.05) is 34.4 Å². The van der Waals surface area contributed by atoms with Crippen LogP contribution in [0.5, 0.6) is 0 Å². The highest BCUT2D eigenvalue weighted by Crippen LogP contribution is 2.28. The molecule has 2 saturated heterocycles. The number of amides is 1. The molecule has 0 bridgehead atoms. The molecular weight excluding hydrogens is 306 g/mol. The highest BCUT2D eigenvalue weighted by atomic mass is 79.9. The second kappa shape index (κ2) is 5.13. The Bertz CT molecular complexity index is 505. The summed E-state index contributed by atoms with van der Waals surface area (Å²) in [5.41, 5.74) is 7.05. The number of nitrogen functional groups attached to an aromatic ring is 1. The summed E-state index contributed by atoms with van der Waals surface area (Å²) in [6.45, 7) is 2.29. The van der Waals surface area contributed by atoms with Gasteiger partial charge in [0.1, 0.15) is 0 Å². The lowest BCUT2D eigenvalue weighted by molar-refractivity contribution is 0.0929. The molecule has 1 amide bonds. The zero-order valence-electron chi connectivity index (χ0n) is 10.7. The fourth-order valence-electron chi connectivity index (χ4n) is 3.19. The summed E-state index contributed by atoms with van der Waals surface area (Å²) in [7, 11) is 0. The third-order valence-electron chi connectivity index (χ3n) is 4.18. The molecule has 0 aromatic heterocycles. The van der Waals surface area contributed by atoms with Crippen molar-refractivity contribution in [1.29, 1.82) is 0 Å². The molecule has 2 aliphatic heterocycles. The zero-order valence-corrected chi connectivity index (χ0v) is 12.3. The minimum Gasteiger partial charge on any atom is -0.398 e. The number of benzene rings is 1. The number of hydrogen-bond donors (Lipinski definition) is 2. The van der Waals surface area contributed by atoms with Crippen molar-refractivity contribution in [3.63, 3.8) is 0 Å². The number of nitrogens with zero attached hydrogens (tertiary/aromatic N) is 1. The van der Waals surface area contributed by atoms with Crippen LogP contribution in [-0.2, 0) is 0 Å². The smallest absolute Gasteiger partial charge is 0.251 e. The molecule has 1 aromatic rings. The standard InChI is InChI=1S/C14H18BrN3O/c15-10-4-3-9(8-11(10)16)14(19)17-12-5-7-18-6-1-2-13(12)18/h3-4,8,12-13H,1-2,5-7,16H2,(H,17,19). The summed E-state index contributed by atoms with van der Waals surface area (Å²) in [5, 5.41) is 3.16. The third-order valence-corrected chi connectivity index (χ3v) is 4.90. The number of nitrogens with two attached hydrogens (primary N) is 1. The van der Waals surface area contributed by atoms with E-state index in [4.69, 9.17) is 5.73 Å². The molecule has 0 saturated carbocycles. The van der Waals surface area contributed by atoms with E-state index >= 15 is 0 Å². The third kappa shape index (κ3) is 2.49. The largest absolute Gasteiger partial charge is 0.398 e. The average Bonchev–Trinajstić information content (AvgIpc) is 2.97. The van der Waals surface area contributed by atoms with Gasteiger partial charge in [0.05, 0.1) is 0 Å². The highest BCUT2D eigenvalue weighted by molar-refractivity contribution is 9.10. The van der Waals surface area contributed by atoms with Crippen molar-refractivity contribution in [3.05, 3.63) is 28.2 Å². The Kier molecular flexibility index (Phi) is 3.50. The normalized spacial score (nSPS) is 26.4. The molecule has 2 atom stereocenters. The summed E-state index contributed by atoms with van der Waals surface area (Å²) >= 11 is 3.34. The minimum absolute atomic E-state index is 0.0158. The van der Waals surface area contributed by atoms with E-state index in [9.17, 15) is 4.79 Å².